The lowest BCUT2D eigenvalue weighted by atomic mass is 9.97. The molecule has 0 saturated carbocycles. The summed E-state index contributed by atoms with van der Waals surface area (Å²) in [5.74, 6) is -0.571. The van der Waals surface area contributed by atoms with Crippen LogP contribution in [0.2, 0.25) is 0 Å². The summed E-state index contributed by atoms with van der Waals surface area (Å²) in [6.07, 6.45) is -8.79. The normalized spacial score (nSPS) is 12.1. The quantitative estimate of drug-likeness (QED) is 0.0655. The van der Waals surface area contributed by atoms with Crippen LogP contribution in [0.3, 0.4) is 0 Å². The van der Waals surface area contributed by atoms with Crippen LogP contribution in [0.4, 0.5) is 31.1 Å². The van der Waals surface area contributed by atoms with Crippen LogP contribution in [0, 0.1) is 5.92 Å². The topological polar surface area (TPSA) is 73.9 Å². The molecular weight excluding hydrogens is 712 g/mol. The van der Waals surface area contributed by atoms with E-state index in [1.807, 2.05) is 60.7 Å². The predicted molar refractivity (Wildman–Crippen MR) is 191 cm³/mol. The Kier molecular flexibility index (Phi) is 13.4. The molecule has 0 aliphatic heterocycles. The molecule has 0 aliphatic carbocycles. The van der Waals surface area contributed by atoms with Crippen molar-refractivity contribution in [1.82, 2.24) is 5.32 Å². The molecule has 0 aliphatic rings. The highest BCUT2D eigenvalue weighted by atomic mass is 19.4. The average Bonchev–Trinajstić information content (AvgIpc) is 3.17. The number of amides is 1. The first kappa shape index (κ1) is 39.4. The minimum Gasteiger partial charge on any atom is -0.493 e. The van der Waals surface area contributed by atoms with E-state index >= 15 is 0 Å². The molecule has 0 saturated heterocycles. The highest BCUT2D eigenvalue weighted by Gasteiger charge is 2.31. The second kappa shape index (κ2) is 18.3. The Hall–Kier alpha value is -5.78. The van der Waals surface area contributed by atoms with E-state index in [4.69, 9.17) is 14.2 Å². The highest BCUT2D eigenvalue weighted by molar-refractivity contribution is 5.75. The van der Waals surface area contributed by atoms with E-state index in [1.54, 1.807) is 18.2 Å². The van der Waals surface area contributed by atoms with Gasteiger partial charge in [0.05, 0.1) is 24.2 Å². The minimum atomic E-state index is -4.54. The first-order chi connectivity index (χ1) is 25.8. The molecule has 6 nitrogen and oxygen atoms in total. The molecule has 0 spiro atoms. The Morgan fingerprint density at radius 2 is 1.07 bits per heavy atom. The fourth-order valence-corrected chi connectivity index (χ4v) is 5.57. The van der Waals surface area contributed by atoms with Gasteiger partial charge in [0.2, 0.25) is 0 Å². The first-order valence-corrected chi connectivity index (χ1v) is 17.1. The standard InChI is InChI=1S/C42H37F6NO5/c43-41(44,45)36-17-13-32(14-18-36)34-23-35(33-15-19-37(20-16-33)42(46,47)48)25-38(24-34)52-28-31(22-39(50)53-26-29-8-3-1-4-9-29)12-7-21-49-40(51)54-27-30-10-5-2-6-11-30/h1-6,8-11,13-20,23-25,31H,7,12,21-22,26-28H2,(H,49,51)/t31-/m1/s1. The van der Waals surface area contributed by atoms with E-state index in [1.165, 1.54) is 24.3 Å². The van der Waals surface area contributed by atoms with Crippen LogP contribution in [-0.4, -0.2) is 25.2 Å². The van der Waals surface area contributed by atoms with E-state index in [-0.39, 0.29) is 44.5 Å². The largest absolute Gasteiger partial charge is 0.493 e. The number of alkyl carbamates (subject to hydrolysis) is 1. The van der Waals surface area contributed by atoms with E-state index < -0.39 is 35.5 Å². The number of hydrogen-bond acceptors (Lipinski definition) is 5. The molecule has 0 radical (unpaired) electrons. The zero-order valence-corrected chi connectivity index (χ0v) is 29.0. The Labute approximate surface area is 308 Å². The molecule has 5 aromatic carbocycles. The molecule has 1 atom stereocenters. The molecule has 0 heterocycles. The summed E-state index contributed by atoms with van der Waals surface area (Å²) in [4.78, 5) is 25.2. The lowest BCUT2D eigenvalue weighted by Crippen LogP contribution is -2.26. The van der Waals surface area contributed by atoms with Gasteiger partial charge in [-0.15, -0.1) is 0 Å². The zero-order valence-electron chi connectivity index (χ0n) is 29.0. The molecular formula is C42H37F6NO5. The van der Waals surface area contributed by atoms with Crippen molar-refractivity contribution in [3.8, 4) is 28.0 Å². The van der Waals surface area contributed by atoms with Crippen molar-refractivity contribution in [2.75, 3.05) is 13.2 Å². The summed E-state index contributed by atoms with van der Waals surface area (Å²) in [6, 6.07) is 32.3. The van der Waals surface area contributed by atoms with Crippen LogP contribution in [0.25, 0.3) is 22.3 Å². The van der Waals surface area contributed by atoms with Gasteiger partial charge >= 0.3 is 24.4 Å². The number of halogens is 6. The average molecular weight is 750 g/mol. The number of esters is 1. The second-order valence-corrected chi connectivity index (χ2v) is 12.6. The fraction of sp³-hybridized carbons (Fsp3) is 0.238. The molecule has 0 unspecified atom stereocenters. The number of alkyl halides is 6. The molecule has 5 rings (SSSR count). The van der Waals surface area contributed by atoms with E-state index in [0.717, 1.165) is 35.4 Å². The molecule has 0 fully saturated rings. The van der Waals surface area contributed by atoms with Crippen LogP contribution < -0.4 is 10.1 Å². The summed E-state index contributed by atoms with van der Waals surface area (Å²) in [5.41, 5.74) is 1.77. The van der Waals surface area contributed by atoms with Crippen molar-refractivity contribution >= 4 is 12.1 Å². The Bertz CT molecular complexity index is 1870. The van der Waals surface area contributed by atoms with Gasteiger partial charge in [0.25, 0.3) is 0 Å². The molecule has 1 N–H and O–H groups in total. The van der Waals surface area contributed by atoms with Gasteiger partial charge in [-0.25, -0.2) is 4.79 Å². The van der Waals surface area contributed by atoms with Gasteiger partial charge < -0.3 is 19.5 Å². The number of rotatable bonds is 15. The Morgan fingerprint density at radius 3 is 1.56 bits per heavy atom. The zero-order chi connectivity index (χ0) is 38.6. The number of benzene rings is 5. The van der Waals surface area contributed by atoms with Crippen molar-refractivity contribution in [1.29, 1.82) is 0 Å². The van der Waals surface area contributed by atoms with Crippen LogP contribution >= 0.6 is 0 Å². The van der Waals surface area contributed by atoms with Gasteiger partial charge in [0, 0.05) is 12.5 Å². The maximum Gasteiger partial charge on any atom is 0.416 e. The smallest absolute Gasteiger partial charge is 0.416 e. The number of ether oxygens (including phenoxy) is 3. The monoisotopic (exact) mass is 749 g/mol. The number of hydrogen-bond donors (Lipinski definition) is 1. The lowest BCUT2D eigenvalue weighted by Gasteiger charge is -2.19. The molecule has 282 valence electrons. The van der Waals surface area contributed by atoms with Gasteiger partial charge in [-0.3, -0.25) is 4.79 Å². The van der Waals surface area contributed by atoms with Crippen LogP contribution in [0.1, 0.15) is 41.5 Å². The summed E-state index contributed by atoms with van der Waals surface area (Å²) in [6.45, 7) is 0.455. The lowest BCUT2D eigenvalue weighted by molar-refractivity contribution is -0.146. The highest BCUT2D eigenvalue weighted by Crippen LogP contribution is 2.36. The SMILES string of the molecule is O=C(C[C@@H](CCCNC(=O)OCc1ccccc1)COc1cc(-c2ccc(C(F)(F)F)cc2)cc(-c2ccc(C(F)(F)F)cc2)c1)OCc1ccccc1. The summed E-state index contributed by atoms with van der Waals surface area (Å²) in [7, 11) is 0. The van der Waals surface area contributed by atoms with Crippen molar-refractivity contribution in [3.05, 3.63) is 150 Å². The molecule has 54 heavy (non-hydrogen) atoms. The molecule has 12 heteroatoms. The van der Waals surface area contributed by atoms with Crippen molar-refractivity contribution in [2.45, 2.75) is 44.8 Å². The van der Waals surface area contributed by atoms with E-state index in [9.17, 15) is 35.9 Å². The number of nitrogens with one attached hydrogen (secondary N) is 1. The van der Waals surface area contributed by atoms with Crippen LogP contribution in [-0.2, 0) is 39.8 Å². The maximum atomic E-state index is 13.3. The first-order valence-electron chi connectivity index (χ1n) is 17.1. The summed E-state index contributed by atoms with van der Waals surface area (Å²) < 4.78 is 96.6. The van der Waals surface area contributed by atoms with Crippen molar-refractivity contribution < 1.29 is 50.1 Å². The van der Waals surface area contributed by atoms with E-state index in [0.29, 0.717) is 35.1 Å². The Morgan fingerprint density at radius 1 is 0.593 bits per heavy atom. The van der Waals surface area contributed by atoms with Crippen LogP contribution in [0.5, 0.6) is 5.75 Å². The molecule has 0 aromatic heterocycles. The third kappa shape index (κ3) is 12.1. The van der Waals surface area contributed by atoms with Gasteiger partial charge in [-0.1, -0.05) is 84.9 Å². The molecule has 1 amide bonds. The predicted octanol–water partition coefficient (Wildman–Crippen LogP) is 10.9. The van der Waals surface area contributed by atoms with Crippen molar-refractivity contribution in [2.24, 2.45) is 5.92 Å². The summed E-state index contributed by atoms with van der Waals surface area (Å²) in [5, 5.41) is 2.70. The molecule has 5 aromatic rings. The maximum absolute atomic E-state index is 13.3. The van der Waals surface area contributed by atoms with Gasteiger partial charge in [0.1, 0.15) is 19.0 Å². The van der Waals surface area contributed by atoms with Gasteiger partial charge in [-0.2, -0.15) is 26.3 Å². The molecule has 0 bridgehead atoms. The second-order valence-electron chi connectivity index (χ2n) is 12.6. The van der Waals surface area contributed by atoms with Gasteiger partial charge in [-0.05, 0) is 88.7 Å². The third-order valence-corrected chi connectivity index (χ3v) is 8.45. The van der Waals surface area contributed by atoms with E-state index in [2.05, 4.69) is 5.32 Å². The summed E-state index contributed by atoms with van der Waals surface area (Å²) >= 11 is 0. The van der Waals surface area contributed by atoms with Crippen molar-refractivity contribution in [3.63, 3.8) is 0 Å². The third-order valence-electron chi connectivity index (χ3n) is 8.45. The number of carbonyl (C=O) groups is 2. The number of carbonyl (C=O) groups excluding carboxylic acids is 2. The van der Waals surface area contributed by atoms with Gasteiger partial charge in [0.15, 0.2) is 0 Å². The van der Waals surface area contributed by atoms with Crippen LogP contribution in [0.15, 0.2) is 127 Å². The fourth-order valence-electron chi connectivity index (χ4n) is 5.57. The Balaban J connectivity index is 1.31. The minimum absolute atomic E-state index is 0.0157.